The molecule has 0 amide bonds. The zero-order valence-corrected chi connectivity index (χ0v) is 7.89. The third kappa shape index (κ3) is 1.31. The van der Waals surface area contributed by atoms with E-state index in [-0.39, 0.29) is 5.82 Å². The lowest BCUT2D eigenvalue weighted by atomic mass is 10.1. The fourth-order valence-electron chi connectivity index (χ4n) is 1.96. The van der Waals surface area contributed by atoms with Crippen molar-refractivity contribution in [3.05, 3.63) is 35.8 Å². The lowest BCUT2D eigenvalue weighted by Gasteiger charge is -1.96. The molecule has 1 heterocycles. The normalized spacial score (nSPS) is 16.4. The lowest BCUT2D eigenvalue weighted by Crippen LogP contribution is -1.84. The molecule has 0 atom stereocenters. The molecule has 1 saturated carbocycles. The zero-order valence-electron chi connectivity index (χ0n) is 7.89. The molecule has 1 fully saturated rings. The van der Waals surface area contributed by atoms with Crippen molar-refractivity contribution >= 4 is 10.9 Å². The topological polar surface area (TPSA) is 15.8 Å². The van der Waals surface area contributed by atoms with Crippen LogP contribution in [0.4, 0.5) is 4.39 Å². The molecule has 14 heavy (non-hydrogen) atoms. The summed E-state index contributed by atoms with van der Waals surface area (Å²) in [5.41, 5.74) is 2.25. The van der Waals surface area contributed by atoms with Crippen LogP contribution in [0.15, 0.2) is 24.4 Å². The SMILES string of the molecule is Fc1ccc2c(CC3CC3)c[nH]c2c1. The molecule has 0 aliphatic heterocycles. The van der Waals surface area contributed by atoms with E-state index in [0.29, 0.717) is 0 Å². The molecule has 1 aromatic carbocycles. The van der Waals surface area contributed by atoms with Crippen molar-refractivity contribution in [2.24, 2.45) is 5.92 Å². The quantitative estimate of drug-likeness (QED) is 0.746. The van der Waals surface area contributed by atoms with Crippen molar-refractivity contribution in [2.45, 2.75) is 19.3 Å². The maximum Gasteiger partial charge on any atom is 0.125 e. The number of fused-ring (bicyclic) bond motifs is 1. The number of nitrogens with one attached hydrogen (secondary N) is 1. The first kappa shape index (κ1) is 8.04. The summed E-state index contributed by atoms with van der Waals surface area (Å²) in [5, 5.41) is 1.18. The van der Waals surface area contributed by atoms with E-state index in [0.717, 1.165) is 17.9 Å². The van der Waals surface area contributed by atoms with Gasteiger partial charge in [-0.3, -0.25) is 0 Å². The minimum absolute atomic E-state index is 0.169. The third-order valence-corrected chi connectivity index (χ3v) is 2.93. The van der Waals surface area contributed by atoms with E-state index in [1.54, 1.807) is 6.07 Å². The fraction of sp³-hybridized carbons (Fsp3) is 0.333. The molecule has 1 aliphatic rings. The molecule has 1 N–H and O–H groups in total. The van der Waals surface area contributed by atoms with Crippen LogP contribution in [-0.4, -0.2) is 4.98 Å². The molecular formula is C12H12FN. The van der Waals surface area contributed by atoms with Crippen LogP contribution in [0.25, 0.3) is 10.9 Å². The average molecular weight is 189 g/mol. The van der Waals surface area contributed by atoms with Gasteiger partial charge in [0.2, 0.25) is 0 Å². The second-order valence-corrected chi connectivity index (χ2v) is 4.15. The van der Waals surface area contributed by atoms with Gasteiger partial charge in [-0.2, -0.15) is 0 Å². The number of H-pyrrole nitrogens is 1. The highest BCUT2D eigenvalue weighted by Gasteiger charge is 2.22. The highest BCUT2D eigenvalue weighted by atomic mass is 19.1. The van der Waals surface area contributed by atoms with E-state index in [9.17, 15) is 4.39 Å². The Hall–Kier alpha value is -1.31. The molecule has 2 aromatic rings. The van der Waals surface area contributed by atoms with Gasteiger partial charge in [0, 0.05) is 17.1 Å². The highest BCUT2D eigenvalue weighted by Crippen LogP contribution is 2.34. The summed E-state index contributed by atoms with van der Waals surface area (Å²) in [5.74, 6) is 0.705. The largest absolute Gasteiger partial charge is 0.361 e. The Kier molecular flexibility index (Phi) is 1.63. The summed E-state index contributed by atoms with van der Waals surface area (Å²) in [6.07, 6.45) is 5.87. The van der Waals surface area contributed by atoms with Gasteiger partial charge in [0.25, 0.3) is 0 Å². The number of aromatic nitrogens is 1. The Labute approximate surface area is 81.9 Å². The van der Waals surface area contributed by atoms with Crippen molar-refractivity contribution in [2.75, 3.05) is 0 Å². The van der Waals surface area contributed by atoms with E-state index < -0.39 is 0 Å². The number of benzene rings is 1. The second kappa shape index (κ2) is 2.84. The first-order chi connectivity index (χ1) is 6.83. The first-order valence-corrected chi connectivity index (χ1v) is 5.08. The zero-order chi connectivity index (χ0) is 9.54. The molecule has 0 bridgehead atoms. The smallest absolute Gasteiger partial charge is 0.125 e. The average Bonchev–Trinajstić information content (AvgIpc) is 2.89. The van der Waals surface area contributed by atoms with Gasteiger partial charge in [0.05, 0.1) is 0 Å². The lowest BCUT2D eigenvalue weighted by molar-refractivity contribution is 0.629. The van der Waals surface area contributed by atoms with Crippen molar-refractivity contribution in [1.29, 1.82) is 0 Å². The van der Waals surface area contributed by atoms with Crippen LogP contribution >= 0.6 is 0 Å². The van der Waals surface area contributed by atoms with Gasteiger partial charge in [0.1, 0.15) is 5.82 Å². The van der Waals surface area contributed by atoms with Gasteiger partial charge in [-0.1, -0.05) is 0 Å². The molecule has 1 aromatic heterocycles. The third-order valence-electron chi connectivity index (χ3n) is 2.93. The molecule has 0 spiro atoms. The molecule has 1 aliphatic carbocycles. The predicted molar refractivity (Wildman–Crippen MR) is 54.7 cm³/mol. The summed E-state index contributed by atoms with van der Waals surface area (Å²) in [7, 11) is 0. The molecule has 0 unspecified atom stereocenters. The Balaban J connectivity index is 2.06. The number of hydrogen-bond donors (Lipinski definition) is 1. The molecule has 0 saturated heterocycles. The minimum Gasteiger partial charge on any atom is -0.361 e. The van der Waals surface area contributed by atoms with Crippen molar-refractivity contribution in [1.82, 2.24) is 4.98 Å². The van der Waals surface area contributed by atoms with E-state index in [2.05, 4.69) is 4.98 Å². The molecule has 2 heteroatoms. The summed E-state index contributed by atoms with van der Waals surface area (Å²) < 4.78 is 12.9. The van der Waals surface area contributed by atoms with Gasteiger partial charge in [-0.25, -0.2) is 4.39 Å². The number of hydrogen-bond acceptors (Lipinski definition) is 0. The van der Waals surface area contributed by atoms with Crippen LogP contribution in [0.1, 0.15) is 18.4 Å². The standard InChI is InChI=1S/C12H12FN/c13-10-3-4-11-9(5-8-1-2-8)7-14-12(11)6-10/h3-4,6-8,14H,1-2,5H2. The Morgan fingerprint density at radius 3 is 3.00 bits per heavy atom. The maximum atomic E-state index is 12.9. The van der Waals surface area contributed by atoms with Crippen molar-refractivity contribution < 1.29 is 4.39 Å². The summed E-state index contributed by atoms with van der Waals surface area (Å²) in [4.78, 5) is 3.12. The monoisotopic (exact) mass is 189 g/mol. The van der Waals surface area contributed by atoms with Gasteiger partial charge in [-0.05, 0) is 48.9 Å². The highest BCUT2D eigenvalue weighted by molar-refractivity contribution is 5.83. The summed E-state index contributed by atoms with van der Waals surface area (Å²) in [6.45, 7) is 0. The van der Waals surface area contributed by atoms with Crippen molar-refractivity contribution in [3.63, 3.8) is 0 Å². The van der Waals surface area contributed by atoms with Gasteiger partial charge in [-0.15, -0.1) is 0 Å². The first-order valence-electron chi connectivity index (χ1n) is 5.08. The van der Waals surface area contributed by atoms with Gasteiger partial charge >= 0.3 is 0 Å². The summed E-state index contributed by atoms with van der Waals surface area (Å²) >= 11 is 0. The van der Waals surface area contributed by atoms with E-state index in [1.807, 2.05) is 12.3 Å². The number of rotatable bonds is 2. The summed E-state index contributed by atoms with van der Waals surface area (Å²) in [6, 6.07) is 4.97. The van der Waals surface area contributed by atoms with Crippen LogP contribution in [0.3, 0.4) is 0 Å². The number of halogens is 1. The van der Waals surface area contributed by atoms with Crippen LogP contribution in [0.2, 0.25) is 0 Å². The van der Waals surface area contributed by atoms with Crippen LogP contribution in [0, 0.1) is 11.7 Å². The van der Waals surface area contributed by atoms with Crippen LogP contribution < -0.4 is 0 Å². The molecule has 72 valence electrons. The van der Waals surface area contributed by atoms with Gasteiger partial charge in [0.15, 0.2) is 0 Å². The molecule has 1 nitrogen and oxygen atoms in total. The van der Waals surface area contributed by atoms with E-state index in [4.69, 9.17) is 0 Å². The second-order valence-electron chi connectivity index (χ2n) is 4.15. The predicted octanol–water partition coefficient (Wildman–Crippen LogP) is 3.26. The minimum atomic E-state index is -0.169. The van der Waals surface area contributed by atoms with Crippen LogP contribution in [-0.2, 0) is 6.42 Å². The maximum absolute atomic E-state index is 12.9. The molecule has 0 radical (unpaired) electrons. The molecule has 3 rings (SSSR count). The van der Waals surface area contributed by atoms with E-state index >= 15 is 0 Å². The molecular weight excluding hydrogens is 177 g/mol. The fourth-order valence-corrected chi connectivity index (χ4v) is 1.96. The van der Waals surface area contributed by atoms with E-state index in [1.165, 1.54) is 29.9 Å². The Morgan fingerprint density at radius 1 is 1.36 bits per heavy atom. The Morgan fingerprint density at radius 2 is 2.21 bits per heavy atom. The Bertz CT molecular complexity index is 468. The number of aromatic amines is 1. The van der Waals surface area contributed by atoms with Crippen LogP contribution in [0.5, 0.6) is 0 Å². The van der Waals surface area contributed by atoms with Crippen molar-refractivity contribution in [3.8, 4) is 0 Å². The van der Waals surface area contributed by atoms with Gasteiger partial charge < -0.3 is 4.98 Å².